The van der Waals surface area contributed by atoms with Gasteiger partial charge in [0.1, 0.15) is 11.4 Å². The van der Waals surface area contributed by atoms with Crippen LogP contribution in [0, 0.1) is 0 Å². The van der Waals surface area contributed by atoms with Gasteiger partial charge in [-0.05, 0) is 44.9 Å². The Kier molecular flexibility index (Phi) is 6.91. The van der Waals surface area contributed by atoms with Crippen LogP contribution in [0.3, 0.4) is 0 Å². The second-order valence-corrected chi connectivity index (χ2v) is 7.58. The van der Waals surface area contributed by atoms with Gasteiger partial charge in [0.25, 0.3) is 0 Å². The van der Waals surface area contributed by atoms with Crippen molar-refractivity contribution in [2.45, 2.75) is 65.0 Å². The van der Waals surface area contributed by atoms with E-state index in [-0.39, 0.29) is 5.60 Å². The predicted octanol–water partition coefficient (Wildman–Crippen LogP) is 4.39. The van der Waals surface area contributed by atoms with E-state index in [1.165, 1.54) is 31.2 Å². The Bertz CT molecular complexity index is 444. The maximum Gasteiger partial charge on any atom is 0.120 e. The summed E-state index contributed by atoms with van der Waals surface area (Å²) in [4.78, 5) is 2.64. The maximum atomic E-state index is 5.96. The van der Waals surface area contributed by atoms with Crippen LogP contribution in [0.4, 0.5) is 0 Å². The highest BCUT2D eigenvalue weighted by Gasteiger charge is 2.22. The first kappa shape index (κ1) is 18.3. The summed E-state index contributed by atoms with van der Waals surface area (Å²) in [7, 11) is 0. The summed E-state index contributed by atoms with van der Waals surface area (Å²) in [5.41, 5.74) is 1.30. The second kappa shape index (κ2) is 8.70. The van der Waals surface area contributed by atoms with Gasteiger partial charge in [-0.1, -0.05) is 38.3 Å². The van der Waals surface area contributed by atoms with Crippen molar-refractivity contribution in [2.75, 3.05) is 26.2 Å². The molecule has 2 rings (SSSR count). The van der Waals surface area contributed by atoms with Crippen LogP contribution >= 0.6 is 0 Å². The number of rotatable bonds is 7. The van der Waals surface area contributed by atoms with Gasteiger partial charge in [-0.15, -0.1) is 0 Å². The summed E-state index contributed by atoms with van der Waals surface area (Å²) in [5, 5.41) is 3.46. The molecule has 130 valence electrons. The molecule has 0 radical (unpaired) electrons. The van der Waals surface area contributed by atoms with Gasteiger partial charge < -0.3 is 10.1 Å². The molecule has 0 amide bonds. The second-order valence-electron chi connectivity index (χ2n) is 7.58. The number of hydrogen-bond acceptors (Lipinski definition) is 3. The summed E-state index contributed by atoms with van der Waals surface area (Å²) < 4.78 is 5.96. The molecule has 3 nitrogen and oxygen atoms in total. The normalized spacial score (nSPS) is 17.9. The van der Waals surface area contributed by atoms with Crippen LogP contribution in [-0.2, 0) is 0 Å². The fraction of sp³-hybridized carbons (Fsp3) is 0.700. The quantitative estimate of drug-likeness (QED) is 0.755. The minimum absolute atomic E-state index is 0.138. The molecule has 1 aromatic carbocycles. The van der Waals surface area contributed by atoms with Crippen molar-refractivity contribution >= 4 is 0 Å². The molecule has 1 heterocycles. The lowest BCUT2D eigenvalue weighted by Gasteiger charge is -2.35. The average molecular weight is 319 g/mol. The van der Waals surface area contributed by atoms with Crippen LogP contribution in [0.1, 0.15) is 65.0 Å². The third-order valence-corrected chi connectivity index (χ3v) is 4.36. The number of nitrogens with one attached hydrogen (secondary N) is 1. The highest BCUT2D eigenvalue weighted by atomic mass is 16.5. The van der Waals surface area contributed by atoms with E-state index in [4.69, 9.17) is 4.74 Å². The van der Waals surface area contributed by atoms with Crippen molar-refractivity contribution in [1.82, 2.24) is 10.2 Å². The molecular formula is C20H34N2O. The molecule has 0 spiro atoms. The zero-order valence-electron chi connectivity index (χ0n) is 15.4. The molecular weight excluding hydrogens is 284 g/mol. The first-order valence-corrected chi connectivity index (χ1v) is 9.23. The minimum Gasteiger partial charge on any atom is -0.488 e. The van der Waals surface area contributed by atoms with Crippen LogP contribution < -0.4 is 10.1 Å². The molecule has 1 atom stereocenters. The summed E-state index contributed by atoms with van der Waals surface area (Å²) in [6.07, 6.45) is 5.18. The van der Waals surface area contributed by atoms with Crippen LogP contribution in [0.25, 0.3) is 0 Å². The zero-order valence-corrected chi connectivity index (χ0v) is 15.4. The van der Waals surface area contributed by atoms with Crippen molar-refractivity contribution in [1.29, 1.82) is 0 Å². The number of unbranched alkanes of at least 4 members (excludes halogenated alkanes) is 2. The summed E-state index contributed by atoms with van der Waals surface area (Å²) in [6, 6.07) is 9.34. The van der Waals surface area contributed by atoms with E-state index in [1.807, 2.05) is 0 Å². The van der Waals surface area contributed by atoms with Crippen LogP contribution in [0.5, 0.6) is 5.75 Å². The van der Waals surface area contributed by atoms with Crippen molar-refractivity contribution in [2.24, 2.45) is 0 Å². The maximum absolute atomic E-state index is 5.96. The predicted molar refractivity (Wildman–Crippen MR) is 98.1 cm³/mol. The van der Waals surface area contributed by atoms with Crippen molar-refractivity contribution in [3.63, 3.8) is 0 Å². The van der Waals surface area contributed by atoms with Gasteiger partial charge >= 0.3 is 0 Å². The molecule has 0 saturated carbocycles. The van der Waals surface area contributed by atoms with Crippen molar-refractivity contribution < 1.29 is 4.74 Å². The Morgan fingerprint density at radius 1 is 1.09 bits per heavy atom. The first-order valence-electron chi connectivity index (χ1n) is 9.23. The Hall–Kier alpha value is -1.06. The highest BCUT2D eigenvalue weighted by molar-refractivity contribution is 5.29. The van der Waals surface area contributed by atoms with Crippen LogP contribution in [0.15, 0.2) is 24.3 Å². The monoisotopic (exact) mass is 318 g/mol. The van der Waals surface area contributed by atoms with Crippen molar-refractivity contribution in [3.05, 3.63) is 29.8 Å². The Morgan fingerprint density at radius 3 is 2.30 bits per heavy atom. The molecule has 23 heavy (non-hydrogen) atoms. The SMILES string of the molecule is CCCCC[C@H](c1ccc(OC(C)(C)C)cc1)N1CCNCC1. The first-order chi connectivity index (χ1) is 11.0. The molecule has 1 fully saturated rings. The van der Waals surface area contributed by atoms with E-state index >= 15 is 0 Å². The van der Waals surface area contributed by atoms with E-state index in [1.54, 1.807) is 0 Å². The lowest BCUT2D eigenvalue weighted by atomic mass is 9.98. The third-order valence-electron chi connectivity index (χ3n) is 4.36. The molecule has 3 heteroatoms. The van der Waals surface area contributed by atoms with Crippen LogP contribution in [0.2, 0.25) is 0 Å². The largest absolute Gasteiger partial charge is 0.488 e. The van der Waals surface area contributed by atoms with Gasteiger partial charge in [-0.25, -0.2) is 0 Å². The smallest absolute Gasteiger partial charge is 0.120 e. The van der Waals surface area contributed by atoms with Crippen molar-refractivity contribution in [3.8, 4) is 5.75 Å². The molecule has 1 aromatic rings. The fourth-order valence-corrected chi connectivity index (χ4v) is 3.25. The molecule has 0 bridgehead atoms. The molecule has 1 aliphatic rings. The third kappa shape index (κ3) is 6.15. The van der Waals surface area contributed by atoms with E-state index in [0.29, 0.717) is 6.04 Å². The Morgan fingerprint density at radius 2 is 1.74 bits per heavy atom. The number of piperazine rings is 1. The molecule has 0 unspecified atom stereocenters. The fourth-order valence-electron chi connectivity index (χ4n) is 3.25. The van der Waals surface area contributed by atoms with Crippen LogP contribution in [-0.4, -0.2) is 36.7 Å². The van der Waals surface area contributed by atoms with Gasteiger partial charge in [0, 0.05) is 32.2 Å². The number of hydrogen-bond donors (Lipinski definition) is 1. The zero-order chi connectivity index (χ0) is 16.7. The molecule has 1 aliphatic heterocycles. The highest BCUT2D eigenvalue weighted by Crippen LogP contribution is 2.29. The Labute approximate surface area is 142 Å². The van der Waals surface area contributed by atoms with Gasteiger partial charge in [0.2, 0.25) is 0 Å². The number of ether oxygens (including phenoxy) is 1. The summed E-state index contributed by atoms with van der Waals surface area (Å²) >= 11 is 0. The number of nitrogens with zero attached hydrogens (tertiary/aromatic N) is 1. The molecule has 0 aromatic heterocycles. The van der Waals surface area contributed by atoms with E-state index in [2.05, 4.69) is 62.2 Å². The van der Waals surface area contributed by atoms with Gasteiger partial charge in [0.15, 0.2) is 0 Å². The molecule has 1 N–H and O–H groups in total. The molecule has 1 saturated heterocycles. The topological polar surface area (TPSA) is 24.5 Å². The van der Waals surface area contributed by atoms with E-state index < -0.39 is 0 Å². The lowest BCUT2D eigenvalue weighted by Crippen LogP contribution is -2.45. The van der Waals surface area contributed by atoms with Gasteiger partial charge in [0.05, 0.1) is 0 Å². The minimum atomic E-state index is -0.138. The number of benzene rings is 1. The van der Waals surface area contributed by atoms with Gasteiger partial charge in [-0.3, -0.25) is 4.90 Å². The standard InChI is InChI=1S/C20H34N2O/c1-5-6-7-8-19(22-15-13-21-14-16-22)17-9-11-18(12-10-17)23-20(2,3)4/h9-12,19,21H,5-8,13-16H2,1-4H3/t19-/m1/s1. The lowest BCUT2D eigenvalue weighted by molar-refractivity contribution is 0.130. The summed E-state index contributed by atoms with van der Waals surface area (Å²) in [5.74, 6) is 0.967. The Balaban J connectivity index is 2.07. The van der Waals surface area contributed by atoms with E-state index in [0.717, 1.165) is 31.9 Å². The van der Waals surface area contributed by atoms with E-state index in [9.17, 15) is 0 Å². The molecule has 0 aliphatic carbocycles. The summed E-state index contributed by atoms with van der Waals surface area (Å²) in [6.45, 7) is 13.1. The van der Waals surface area contributed by atoms with Gasteiger partial charge in [-0.2, -0.15) is 0 Å². The average Bonchev–Trinajstić information content (AvgIpc) is 2.52.